The van der Waals surface area contributed by atoms with Gasteiger partial charge in [-0.3, -0.25) is 0 Å². The number of aromatic nitrogens is 1. The second kappa shape index (κ2) is 9.79. The van der Waals surface area contributed by atoms with Gasteiger partial charge < -0.3 is 19.3 Å². The van der Waals surface area contributed by atoms with E-state index in [1.165, 1.54) is 10.8 Å². The Balaban J connectivity index is 1.89. The number of phenolic OH excluding ortho intramolecular Hbond substituents is 1. The number of hydrogen-bond donors (Lipinski definition) is 1. The van der Waals surface area contributed by atoms with E-state index in [9.17, 15) is 9.90 Å². The number of thioether (sulfide) groups is 1. The largest absolute Gasteiger partial charge is 0.506 e. The minimum absolute atomic E-state index is 0.153. The maximum absolute atomic E-state index is 13.2. The molecule has 1 N–H and O–H groups in total. The number of esters is 1. The number of rotatable bonds is 7. The van der Waals surface area contributed by atoms with Gasteiger partial charge in [0.1, 0.15) is 5.75 Å². The van der Waals surface area contributed by atoms with Gasteiger partial charge in [-0.15, -0.1) is 11.8 Å². The fourth-order valence-electron chi connectivity index (χ4n) is 4.21. The average Bonchev–Trinajstić information content (AvgIpc) is 3.06. The Labute approximate surface area is 206 Å². The van der Waals surface area contributed by atoms with Gasteiger partial charge in [-0.1, -0.05) is 36.4 Å². The van der Waals surface area contributed by atoms with Crippen LogP contribution in [-0.4, -0.2) is 41.2 Å². The molecule has 0 aliphatic carbocycles. The van der Waals surface area contributed by atoms with Crippen molar-refractivity contribution in [2.24, 2.45) is 7.05 Å². The molecule has 1 aromatic heterocycles. The summed E-state index contributed by atoms with van der Waals surface area (Å²) in [6, 6.07) is 16.5. The first-order valence-corrected chi connectivity index (χ1v) is 12.5. The van der Waals surface area contributed by atoms with Gasteiger partial charge in [0.05, 0.1) is 22.2 Å². The van der Waals surface area contributed by atoms with E-state index in [1.807, 2.05) is 55.7 Å². The van der Waals surface area contributed by atoms with E-state index in [0.29, 0.717) is 27.9 Å². The number of carbonyl (C=O) groups is 1. The third-order valence-electron chi connectivity index (χ3n) is 5.71. The van der Waals surface area contributed by atoms with Crippen molar-refractivity contribution in [2.45, 2.75) is 24.1 Å². The topological polar surface area (TPSA) is 54.7 Å². The van der Waals surface area contributed by atoms with Crippen LogP contribution in [0.2, 0.25) is 0 Å². The number of halogens is 1. The van der Waals surface area contributed by atoms with Gasteiger partial charge in [0.25, 0.3) is 0 Å². The number of aromatic hydroxyl groups is 1. The second-order valence-electron chi connectivity index (χ2n) is 8.18. The van der Waals surface area contributed by atoms with Gasteiger partial charge >= 0.3 is 5.97 Å². The summed E-state index contributed by atoms with van der Waals surface area (Å²) in [4.78, 5) is 16.3. The van der Waals surface area contributed by atoms with Crippen LogP contribution in [0.15, 0.2) is 57.9 Å². The maximum Gasteiger partial charge on any atom is 0.340 e. The van der Waals surface area contributed by atoms with E-state index in [4.69, 9.17) is 4.74 Å². The Bertz CT molecular complexity index is 1340. The van der Waals surface area contributed by atoms with Gasteiger partial charge in [-0.05, 0) is 59.9 Å². The number of ether oxygens (including phenoxy) is 1. The lowest BCUT2D eigenvalue weighted by atomic mass is 10.0. The van der Waals surface area contributed by atoms with Crippen LogP contribution < -0.4 is 0 Å². The Morgan fingerprint density at radius 3 is 2.64 bits per heavy atom. The highest BCUT2D eigenvalue weighted by Gasteiger charge is 2.27. The van der Waals surface area contributed by atoms with Crippen molar-refractivity contribution in [2.75, 3.05) is 20.7 Å². The van der Waals surface area contributed by atoms with Crippen LogP contribution in [-0.2, 0) is 24.1 Å². The summed E-state index contributed by atoms with van der Waals surface area (Å²) in [5, 5.41) is 14.0. The molecule has 0 unspecified atom stereocenters. The van der Waals surface area contributed by atoms with E-state index in [1.54, 1.807) is 11.8 Å². The first-order valence-electron chi connectivity index (χ1n) is 10.8. The van der Waals surface area contributed by atoms with Crippen LogP contribution in [0.3, 0.4) is 0 Å². The van der Waals surface area contributed by atoms with Crippen LogP contribution >= 0.6 is 27.7 Å². The van der Waals surface area contributed by atoms with Crippen molar-refractivity contribution in [3.05, 3.63) is 69.8 Å². The summed E-state index contributed by atoms with van der Waals surface area (Å²) in [6.45, 7) is 2.59. The lowest BCUT2D eigenvalue weighted by Gasteiger charge is -2.15. The molecule has 0 aliphatic rings. The van der Waals surface area contributed by atoms with Crippen LogP contribution in [0, 0.1) is 0 Å². The monoisotopic (exact) mass is 526 g/mol. The highest BCUT2D eigenvalue weighted by atomic mass is 79.9. The SMILES string of the molecule is CCOC(=O)c1c(CSc2cccc3ccccc23)n(C)c2cc(Br)c(O)c(CN(C)C)c12. The molecule has 172 valence electrons. The van der Waals surface area contributed by atoms with Crippen LogP contribution in [0.5, 0.6) is 5.75 Å². The molecule has 4 rings (SSSR count). The number of hydrogen-bond acceptors (Lipinski definition) is 5. The van der Waals surface area contributed by atoms with E-state index in [0.717, 1.165) is 21.5 Å². The quantitative estimate of drug-likeness (QED) is 0.225. The van der Waals surface area contributed by atoms with Crippen molar-refractivity contribution in [1.29, 1.82) is 0 Å². The molecule has 0 radical (unpaired) electrons. The molecular weight excluding hydrogens is 500 g/mol. The Morgan fingerprint density at radius 1 is 1.18 bits per heavy atom. The Kier molecular flexibility index (Phi) is 7.02. The summed E-state index contributed by atoms with van der Waals surface area (Å²) in [6.07, 6.45) is 0. The fraction of sp³-hybridized carbons (Fsp3) is 0.269. The number of phenols is 1. The first kappa shape index (κ1) is 23.7. The molecule has 0 atom stereocenters. The van der Waals surface area contributed by atoms with Crippen molar-refractivity contribution in [3.63, 3.8) is 0 Å². The number of fused-ring (bicyclic) bond motifs is 2. The normalized spacial score (nSPS) is 11.6. The molecule has 0 fully saturated rings. The lowest BCUT2D eigenvalue weighted by Crippen LogP contribution is -2.13. The van der Waals surface area contributed by atoms with Crippen LogP contribution in [0.4, 0.5) is 0 Å². The lowest BCUT2D eigenvalue weighted by molar-refractivity contribution is 0.0527. The zero-order valence-electron chi connectivity index (χ0n) is 19.2. The molecule has 3 aromatic carbocycles. The van der Waals surface area contributed by atoms with Gasteiger partial charge in [-0.25, -0.2) is 4.79 Å². The average molecular weight is 527 g/mol. The Morgan fingerprint density at radius 2 is 1.91 bits per heavy atom. The minimum Gasteiger partial charge on any atom is -0.506 e. The van der Waals surface area contributed by atoms with Crippen LogP contribution in [0.1, 0.15) is 28.5 Å². The molecule has 7 heteroatoms. The molecule has 1 heterocycles. The Hall–Kier alpha value is -2.48. The second-order valence-corrected chi connectivity index (χ2v) is 10.1. The molecular formula is C26H27BrN2O3S. The summed E-state index contributed by atoms with van der Waals surface area (Å²) < 4.78 is 8.13. The molecule has 5 nitrogen and oxygen atoms in total. The van der Waals surface area contributed by atoms with E-state index in [2.05, 4.69) is 46.3 Å². The molecule has 0 aliphatic heterocycles. The van der Waals surface area contributed by atoms with Crippen molar-refractivity contribution in [3.8, 4) is 5.75 Å². The number of aryl methyl sites for hydroxylation is 1. The predicted molar refractivity (Wildman–Crippen MR) is 139 cm³/mol. The molecule has 0 amide bonds. The van der Waals surface area contributed by atoms with Crippen molar-refractivity contribution >= 4 is 55.3 Å². The zero-order valence-corrected chi connectivity index (χ0v) is 21.6. The maximum atomic E-state index is 13.2. The molecule has 33 heavy (non-hydrogen) atoms. The molecule has 0 spiro atoms. The van der Waals surface area contributed by atoms with Gasteiger partial charge in [0.2, 0.25) is 0 Å². The molecule has 0 bridgehead atoms. The summed E-state index contributed by atoms with van der Waals surface area (Å²) in [7, 11) is 5.85. The summed E-state index contributed by atoms with van der Waals surface area (Å²) in [5.74, 6) is 0.381. The van der Waals surface area contributed by atoms with E-state index < -0.39 is 0 Å². The molecule has 4 aromatic rings. The first-order chi connectivity index (χ1) is 15.8. The molecule has 0 saturated heterocycles. The smallest absolute Gasteiger partial charge is 0.340 e. The third kappa shape index (κ3) is 4.50. The number of carbonyl (C=O) groups excluding carboxylic acids is 1. The number of nitrogens with zero attached hydrogens (tertiary/aromatic N) is 2. The standard InChI is InChI=1S/C26H27BrN2O3S/c1-5-32-26(31)24-21(15-33-22-12-8-10-16-9-6-7-11-17(16)22)29(4)20-13-19(27)25(30)18(23(20)24)14-28(2)3/h6-13,30H,5,14-15H2,1-4H3. The van der Waals surface area contributed by atoms with Gasteiger partial charge in [0.15, 0.2) is 0 Å². The van der Waals surface area contributed by atoms with E-state index in [-0.39, 0.29) is 18.3 Å². The predicted octanol–water partition coefficient (Wildman–Crippen LogP) is 6.33. The highest BCUT2D eigenvalue weighted by Crippen LogP contribution is 2.41. The van der Waals surface area contributed by atoms with Crippen molar-refractivity contribution < 1.29 is 14.6 Å². The minimum atomic E-state index is -0.363. The number of benzene rings is 3. The molecule has 0 saturated carbocycles. The van der Waals surface area contributed by atoms with Gasteiger partial charge in [0, 0.05) is 40.9 Å². The van der Waals surface area contributed by atoms with Crippen molar-refractivity contribution in [1.82, 2.24) is 9.47 Å². The van der Waals surface area contributed by atoms with E-state index >= 15 is 0 Å². The zero-order chi connectivity index (χ0) is 23.7. The summed E-state index contributed by atoms with van der Waals surface area (Å²) >= 11 is 5.19. The third-order valence-corrected chi connectivity index (χ3v) is 7.40. The highest BCUT2D eigenvalue weighted by molar-refractivity contribution is 9.10. The van der Waals surface area contributed by atoms with Gasteiger partial charge in [-0.2, -0.15) is 0 Å². The fourth-order valence-corrected chi connectivity index (χ4v) is 5.81. The summed E-state index contributed by atoms with van der Waals surface area (Å²) in [5.41, 5.74) is 3.00. The van der Waals surface area contributed by atoms with Crippen LogP contribution in [0.25, 0.3) is 21.7 Å².